The van der Waals surface area contributed by atoms with Crippen LogP contribution in [0, 0.1) is 5.82 Å². The molecule has 0 aliphatic carbocycles. The fourth-order valence-corrected chi connectivity index (χ4v) is 1.32. The molecule has 78 valence electrons. The second kappa shape index (κ2) is 4.59. The number of rotatable bonds is 3. The van der Waals surface area contributed by atoms with Gasteiger partial charge in [0.15, 0.2) is 0 Å². The Labute approximate surface area is 86.6 Å². The number of benzene rings is 1. The minimum absolute atomic E-state index is 0.0163. The molecule has 0 amide bonds. The van der Waals surface area contributed by atoms with Gasteiger partial charge in [0.2, 0.25) is 0 Å². The molecule has 0 saturated heterocycles. The number of methoxy groups -OCH3 is 1. The van der Waals surface area contributed by atoms with Crippen molar-refractivity contribution >= 4 is 11.6 Å². The quantitative estimate of drug-likeness (QED) is 0.792. The first-order valence-corrected chi connectivity index (χ1v) is 4.35. The molecule has 3 nitrogen and oxygen atoms in total. The van der Waals surface area contributed by atoms with Gasteiger partial charge in [0.1, 0.15) is 11.6 Å². The van der Waals surface area contributed by atoms with Crippen LogP contribution >= 0.6 is 11.6 Å². The molecule has 1 N–H and O–H groups in total. The molecule has 1 aromatic carbocycles. The zero-order valence-corrected chi connectivity index (χ0v) is 8.68. The van der Waals surface area contributed by atoms with Crippen LogP contribution in [0.15, 0.2) is 12.1 Å². The van der Waals surface area contributed by atoms with Gasteiger partial charge in [0, 0.05) is 12.6 Å². The number of hydrogen-bond donors (Lipinski definition) is 1. The SMILES string of the molecule is COc1ccc(Cl)c(F)c1CN(C)O. The van der Waals surface area contributed by atoms with Crippen molar-refractivity contribution in [2.45, 2.75) is 6.54 Å². The van der Waals surface area contributed by atoms with Crippen molar-refractivity contribution in [2.24, 2.45) is 0 Å². The molecule has 0 aromatic heterocycles. The van der Waals surface area contributed by atoms with Crippen LogP contribution in [0.1, 0.15) is 5.56 Å². The topological polar surface area (TPSA) is 32.7 Å². The third kappa shape index (κ3) is 2.35. The lowest BCUT2D eigenvalue weighted by atomic mass is 10.2. The summed E-state index contributed by atoms with van der Waals surface area (Å²) in [6, 6.07) is 2.97. The molecule has 1 rings (SSSR count). The molecule has 0 unspecified atom stereocenters. The van der Waals surface area contributed by atoms with Gasteiger partial charge in [-0.1, -0.05) is 11.6 Å². The van der Waals surface area contributed by atoms with Crippen LogP contribution < -0.4 is 4.74 Å². The van der Waals surface area contributed by atoms with E-state index >= 15 is 0 Å². The molecule has 0 bridgehead atoms. The molecule has 5 heteroatoms. The Morgan fingerprint density at radius 1 is 1.57 bits per heavy atom. The van der Waals surface area contributed by atoms with Crippen molar-refractivity contribution in [2.75, 3.05) is 14.2 Å². The van der Waals surface area contributed by atoms with Gasteiger partial charge in [-0.3, -0.25) is 0 Å². The van der Waals surface area contributed by atoms with E-state index in [-0.39, 0.29) is 17.1 Å². The maximum atomic E-state index is 13.5. The van der Waals surface area contributed by atoms with Crippen molar-refractivity contribution in [3.05, 3.63) is 28.5 Å². The Morgan fingerprint density at radius 2 is 2.21 bits per heavy atom. The molecule has 14 heavy (non-hydrogen) atoms. The van der Waals surface area contributed by atoms with Crippen molar-refractivity contribution in [3.8, 4) is 5.75 Å². The Bertz CT molecular complexity index is 331. The first kappa shape index (κ1) is 11.2. The van der Waals surface area contributed by atoms with E-state index in [0.717, 1.165) is 5.06 Å². The lowest BCUT2D eigenvalue weighted by molar-refractivity contribution is -0.0742. The van der Waals surface area contributed by atoms with Crippen molar-refractivity contribution < 1.29 is 14.3 Å². The second-order valence-corrected chi connectivity index (χ2v) is 3.27. The zero-order valence-electron chi connectivity index (χ0n) is 7.92. The van der Waals surface area contributed by atoms with Crippen LogP contribution in [0.2, 0.25) is 5.02 Å². The van der Waals surface area contributed by atoms with Gasteiger partial charge in [-0.2, -0.15) is 5.06 Å². The van der Waals surface area contributed by atoms with Crippen LogP contribution in [0.25, 0.3) is 0 Å². The van der Waals surface area contributed by atoms with Gasteiger partial charge in [0.05, 0.1) is 18.7 Å². The van der Waals surface area contributed by atoms with Crippen LogP contribution in [-0.4, -0.2) is 24.4 Å². The minimum atomic E-state index is -0.563. The van der Waals surface area contributed by atoms with E-state index in [1.807, 2.05) is 0 Å². The van der Waals surface area contributed by atoms with E-state index in [1.165, 1.54) is 20.2 Å². The van der Waals surface area contributed by atoms with E-state index in [0.29, 0.717) is 5.75 Å². The Morgan fingerprint density at radius 3 is 2.71 bits per heavy atom. The molecule has 0 saturated carbocycles. The molecule has 0 aliphatic rings. The molecule has 0 spiro atoms. The molecule has 0 atom stereocenters. The van der Waals surface area contributed by atoms with E-state index in [9.17, 15) is 4.39 Å². The highest BCUT2D eigenvalue weighted by Gasteiger charge is 2.13. The Hall–Kier alpha value is -0.840. The zero-order chi connectivity index (χ0) is 10.7. The summed E-state index contributed by atoms with van der Waals surface area (Å²) in [5.41, 5.74) is 0.241. The second-order valence-electron chi connectivity index (χ2n) is 2.86. The molecular weight excluding hydrogens is 209 g/mol. The van der Waals surface area contributed by atoms with Gasteiger partial charge in [0.25, 0.3) is 0 Å². The standard InChI is InChI=1S/C9H11ClFNO2/c1-12(13)5-6-8(14-2)4-3-7(10)9(6)11/h3-4,13H,5H2,1-2H3. The average Bonchev–Trinajstić information content (AvgIpc) is 2.13. The molecule has 0 radical (unpaired) electrons. The predicted octanol–water partition coefficient (Wildman–Crippen LogP) is 2.31. The van der Waals surface area contributed by atoms with Crippen molar-refractivity contribution in [1.29, 1.82) is 0 Å². The minimum Gasteiger partial charge on any atom is -0.496 e. The van der Waals surface area contributed by atoms with Crippen LogP contribution in [-0.2, 0) is 6.54 Å². The van der Waals surface area contributed by atoms with Gasteiger partial charge in [-0.15, -0.1) is 0 Å². The Balaban J connectivity index is 3.14. The lowest BCUT2D eigenvalue weighted by Gasteiger charge is -2.13. The summed E-state index contributed by atoms with van der Waals surface area (Å²) in [5.74, 6) is -0.195. The highest BCUT2D eigenvalue weighted by atomic mass is 35.5. The predicted molar refractivity (Wildman–Crippen MR) is 51.2 cm³/mol. The number of hydrogen-bond acceptors (Lipinski definition) is 3. The van der Waals surface area contributed by atoms with E-state index in [2.05, 4.69) is 0 Å². The monoisotopic (exact) mass is 219 g/mol. The fraction of sp³-hybridized carbons (Fsp3) is 0.333. The highest BCUT2D eigenvalue weighted by Crippen LogP contribution is 2.27. The summed E-state index contributed by atoms with van der Waals surface area (Å²) in [7, 11) is 2.85. The van der Waals surface area contributed by atoms with E-state index < -0.39 is 5.82 Å². The number of ether oxygens (including phenoxy) is 1. The van der Waals surface area contributed by atoms with Gasteiger partial charge in [-0.25, -0.2) is 4.39 Å². The largest absolute Gasteiger partial charge is 0.496 e. The summed E-state index contributed by atoms with van der Waals surface area (Å²) in [4.78, 5) is 0. The lowest BCUT2D eigenvalue weighted by Crippen LogP contribution is -2.14. The fourth-order valence-electron chi connectivity index (χ4n) is 1.14. The molecule has 0 heterocycles. The van der Waals surface area contributed by atoms with Gasteiger partial charge >= 0.3 is 0 Å². The maximum absolute atomic E-state index is 13.5. The third-order valence-electron chi connectivity index (χ3n) is 1.76. The van der Waals surface area contributed by atoms with Crippen LogP contribution in [0.4, 0.5) is 4.39 Å². The van der Waals surface area contributed by atoms with E-state index in [4.69, 9.17) is 21.5 Å². The van der Waals surface area contributed by atoms with Gasteiger partial charge in [-0.05, 0) is 12.1 Å². The summed E-state index contributed by atoms with van der Waals surface area (Å²) in [6.45, 7) is 0.0234. The highest BCUT2D eigenvalue weighted by molar-refractivity contribution is 6.30. The number of halogens is 2. The number of nitrogens with zero attached hydrogens (tertiary/aromatic N) is 1. The first-order chi connectivity index (χ1) is 6.56. The average molecular weight is 220 g/mol. The van der Waals surface area contributed by atoms with Crippen molar-refractivity contribution in [1.82, 2.24) is 5.06 Å². The van der Waals surface area contributed by atoms with Crippen LogP contribution in [0.3, 0.4) is 0 Å². The van der Waals surface area contributed by atoms with E-state index in [1.54, 1.807) is 6.07 Å². The molecular formula is C9H11ClFNO2. The van der Waals surface area contributed by atoms with Crippen molar-refractivity contribution in [3.63, 3.8) is 0 Å². The number of hydroxylamine groups is 2. The van der Waals surface area contributed by atoms with Gasteiger partial charge < -0.3 is 9.94 Å². The summed E-state index contributed by atoms with van der Waals surface area (Å²) in [5, 5.41) is 9.88. The normalized spacial score (nSPS) is 10.7. The summed E-state index contributed by atoms with van der Waals surface area (Å²) >= 11 is 5.60. The summed E-state index contributed by atoms with van der Waals surface area (Å²) < 4.78 is 18.4. The maximum Gasteiger partial charge on any atom is 0.150 e. The van der Waals surface area contributed by atoms with Crippen LogP contribution in [0.5, 0.6) is 5.75 Å². The Kier molecular flexibility index (Phi) is 3.69. The smallest absolute Gasteiger partial charge is 0.150 e. The summed E-state index contributed by atoms with van der Waals surface area (Å²) in [6.07, 6.45) is 0. The third-order valence-corrected chi connectivity index (χ3v) is 2.05. The molecule has 0 fully saturated rings. The molecule has 1 aromatic rings. The molecule has 0 aliphatic heterocycles. The first-order valence-electron chi connectivity index (χ1n) is 3.97.